The molecule has 3 rings (SSSR count). The zero-order chi connectivity index (χ0) is 11.7. The number of nitrogens with zero attached hydrogens (tertiary/aromatic N) is 2. The van der Waals surface area contributed by atoms with E-state index in [9.17, 15) is 0 Å². The fourth-order valence-corrected chi connectivity index (χ4v) is 3.11. The molecule has 0 amide bonds. The molecule has 94 valence electrons. The van der Waals surface area contributed by atoms with Crippen LogP contribution in [0.2, 0.25) is 0 Å². The highest BCUT2D eigenvalue weighted by molar-refractivity contribution is 7.09. The highest BCUT2D eigenvalue weighted by atomic mass is 32.1. The molecule has 2 aliphatic rings. The molecule has 17 heavy (non-hydrogen) atoms. The number of anilines is 1. The lowest BCUT2D eigenvalue weighted by molar-refractivity contribution is -0.00218. The van der Waals surface area contributed by atoms with Gasteiger partial charge in [0.05, 0.1) is 6.10 Å². The second kappa shape index (κ2) is 4.90. The molecule has 1 aliphatic carbocycles. The number of aromatic nitrogens is 2. The molecule has 0 radical (unpaired) electrons. The summed E-state index contributed by atoms with van der Waals surface area (Å²) >= 11 is 1.48. The van der Waals surface area contributed by atoms with Crippen LogP contribution in [-0.2, 0) is 11.2 Å². The predicted molar refractivity (Wildman–Crippen MR) is 68.4 cm³/mol. The van der Waals surface area contributed by atoms with Crippen LogP contribution in [0, 0.1) is 5.92 Å². The van der Waals surface area contributed by atoms with Crippen molar-refractivity contribution >= 4 is 16.7 Å². The van der Waals surface area contributed by atoms with Gasteiger partial charge in [-0.05, 0) is 31.6 Å². The maximum atomic E-state index is 5.82. The Labute approximate surface area is 106 Å². The molecule has 0 aromatic carbocycles. The summed E-state index contributed by atoms with van der Waals surface area (Å²) in [4.78, 5) is 4.46. The van der Waals surface area contributed by atoms with E-state index in [2.05, 4.69) is 21.6 Å². The lowest BCUT2D eigenvalue weighted by atomic mass is 10.0. The minimum Gasteiger partial charge on any atom is -0.378 e. The lowest BCUT2D eigenvalue weighted by Gasteiger charge is -2.30. The summed E-state index contributed by atoms with van der Waals surface area (Å²) in [6, 6.07) is 0.520. The highest BCUT2D eigenvalue weighted by Gasteiger charge is 2.35. The van der Waals surface area contributed by atoms with E-state index in [4.69, 9.17) is 4.74 Å². The summed E-state index contributed by atoms with van der Waals surface area (Å²) < 4.78 is 10.1. The van der Waals surface area contributed by atoms with E-state index in [1.165, 1.54) is 24.4 Å². The SMILES string of the molecule is CCc1nsc(NC2CCOC(C3CC3)C2)n1. The smallest absolute Gasteiger partial charge is 0.202 e. The summed E-state index contributed by atoms with van der Waals surface area (Å²) in [6.07, 6.45) is 6.33. The Morgan fingerprint density at radius 2 is 2.29 bits per heavy atom. The molecular formula is C12H19N3OS. The van der Waals surface area contributed by atoms with Crippen LogP contribution in [0.3, 0.4) is 0 Å². The van der Waals surface area contributed by atoms with Gasteiger partial charge >= 0.3 is 0 Å². The Kier molecular flexibility index (Phi) is 3.29. The first-order valence-electron chi connectivity index (χ1n) is 6.56. The average Bonchev–Trinajstić information content (AvgIpc) is 3.11. The first-order chi connectivity index (χ1) is 8.35. The van der Waals surface area contributed by atoms with E-state index >= 15 is 0 Å². The van der Waals surface area contributed by atoms with Crippen LogP contribution in [0.4, 0.5) is 5.13 Å². The monoisotopic (exact) mass is 253 g/mol. The summed E-state index contributed by atoms with van der Waals surface area (Å²) in [5, 5.41) is 4.49. The summed E-state index contributed by atoms with van der Waals surface area (Å²) in [7, 11) is 0. The third-order valence-corrected chi connectivity index (χ3v) is 4.26. The van der Waals surface area contributed by atoms with Crippen LogP contribution in [0.15, 0.2) is 0 Å². The minimum absolute atomic E-state index is 0.486. The Morgan fingerprint density at radius 1 is 1.41 bits per heavy atom. The summed E-state index contributed by atoms with van der Waals surface area (Å²) in [6.45, 7) is 2.97. The van der Waals surface area contributed by atoms with Crippen molar-refractivity contribution in [2.75, 3.05) is 11.9 Å². The van der Waals surface area contributed by atoms with Crippen molar-refractivity contribution in [1.29, 1.82) is 0 Å². The molecule has 5 heteroatoms. The van der Waals surface area contributed by atoms with Crippen molar-refractivity contribution in [3.63, 3.8) is 0 Å². The maximum absolute atomic E-state index is 5.82. The molecule has 1 aliphatic heterocycles. The van der Waals surface area contributed by atoms with Gasteiger partial charge in [0, 0.05) is 30.6 Å². The first-order valence-corrected chi connectivity index (χ1v) is 7.33. The minimum atomic E-state index is 0.486. The number of ether oxygens (including phenoxy) is 1. The molecule has 0 bridgehead atoms. The summed E-state index contributed by atoms with van der Waals surface area (Å²) in [5.41, 5.74) is 0. The Hall–Kier alpha value is -0.680. The van der Waals surface area contributed by atoms with Gasteiger partial charge in [-0.15, -0.1) is 0 Å². The number of aryl methyl sites for hydroxylation is 1. The van der Waals surface area contributed by atoms with Gasteiger partial charge in [-0.1, -0.05) is 6.92 Å². The Bertz CT molecular complexity index is 378. The van der Waals surface area contributed by atoms with Gasteiger partial charge in [0.25, 0.3) is 0 Å². The third-order valence-electron chi connectivity index (χ3n) is 3.57. The highest BCUT2D eigenvalue weighted by Crippen LogP contribution is 2.38. The van der Waals surface area contributed by atoms with Gasteiger partial charge in [0.15, 0.2) is 0 Å². The number of rotatable bonds is 4. The van der Waals surface area contributed by atoms with Crippen LogP contribution >= 0.6 is 11.5 Å². The van der Waals surface area contributed by atoms with Crippen LogP contribution in [-0.4, -0.2) is 28.1 Å². The van der Waals surface area contributed by atoms with Crippen molar-refractivity contribution in [2.24, 2.45) is 5.92 Å². The molecular weight excluding hydrogens is 234 g/mol. The van der Waals surface area contributed by atoms with Gasteiger partial charge in [0.2, 0.25) is 5.13 Å². The quantitative estimate of drug-likeness (QED) is 0.895. The van der Waals surface area contributed by atoms with Crippen molar-refractivity contribution in [3.8, 4) is 0 Å². The number of hydrogen-bond donors (Lipinski definition) is 1. The molecule has 2 fully saturated rings. The van der Waals surface area contributed by atoms with E-state index < -0.39 is 0 Å². The van der Waals surface area contributed by atoms with Crippen LogP contribution in [0.5, 0.6) is 0 Å². The largest absolute Gasteiger partial charge is 0.378 e. The Morgan fingerprint density at radius 3 is 3.00 bits per heavy atom. The number of hydrogen-bond acceptors (Lipinski definition) is 5. The van der Waals surface area contributed by atoms with Gasteiger partial charge in [-0.25, -0.2) is 4.98 Å². The normalized spacial score (nSPS) is 29.2. The zero-order valence-electron chi connectivity index (χ0n) is 10.2. The molecule has 0 spiro atoms. The van der Waals surface area contributed by atoms with E-state index in [0.717, 1.165) is 42.7 Å². The van der Waals surface area contributed by atoms with E-state index in [1.54, 1.807) is 0 Å². The van der Waals surface area contributed by atoms with Crippen LogP contribution in [0.25, 0.3) is 0 Å². The fourth-order valence-electron chi connectivity index (χ4n) is 2.39. The van der Waals surface area contributed by atoms with Gasteiger partial charge < -0.3 is 10.1 Å². The van der Waals surface area contributed by atoms with Gasteiger partial charge in [-0.3, -0.25) is 0 Å². The summed E-state index contributed by atoms with van der Waals surface area (Å²) in [5.74, 6) is 1.78. The van der Waals surface area contributed by atoms with Crippen molar-refractivity contribution < 1.29 is 4.74 Å². The molecule has 1 aromatic heterocycles. The van der Waals surface area contributed by atoms with Crippen LogP contribution < -0.4 is 5.32 Å². The van der Waals surface area contributed by atoms with Crippen molar-refractivity contribution in [2.45, 2.75) is 51.2 Å². The van der Waals surface area contributed by atoms with E-state index in [1.807, 2.05) is 0 Å². The maximum Gasteiger partial charge on any atom is 0.202 e. The predicted octanol–water partition coefficient (Wildman–Crippen LogP) is 2.47. The van der Waals surface area contributed by atoms with E-state index in [0.29, 0.717) is 12.1 Å². The second-order valence-electron chi connectivity index (χ2n) is 4.98. The third kappa shape index (κ3) is 2.77. The molecule has 1 saturated heterocycles. The molecule has 2 atom stereocenters. The van der Waals surface area contributed by atoms with E-state index in [-0.39, 0.29) is 0 Å². The average molecular weight is 253 g/mol. The zero-order valence-corrected chi connectivity index (χ0v) is 11.0. The molecule has 2 unspecified atom stereocenters. The lowest BCUT2D eigenvalue weighted by Crippen LogP contribution is -2.35. The Balaban J connectivity index is 1.56. The topological polar surface area (TPSA) is 47.0 Å². The standard InChI is InChI=1S/C12H19N3OS/c1-2-11-14-12(17-15-11)13-9-5-6-16-10(7-9)8-3-4-8/h8-10H,2-7H2,1H3,(H,13,14,15). The van der Waals surface area contributed by atoms with Crippen LogP contribution in [0.1, 0.15) is 38.4 Å². The van der Waals surface area contributed by atoms with Crippen molar-refractivity contribution in [3.05, 3.63) is 5.82 Å². The molecule has 4 nitrogen and oxygen atoms in total. The first kappa shape index (κ1) is 11.4. The number of nitrogens with one attached hydrogen (secondary N) is 1. The van der Waals surface area contributed by atoms with Gasteiger partial charge in [-0.2, -0.15) is 4.37 Å². The molecule has 1 saturated carbocycles. The van der Waals surface area contributed by atoms with Gasteiger partial charge in [0.1, 0.15) is 5.82 Å². The van der Waals surface area contributed by atoms with Crippen molar-refractivity contribution in [1.82, 2.24) is 9.36 Å². The second-order valence-corrected chi connectivity index (χ2v) is 5.73. The molecule has 1 aromatic rings. The molecule has 1 N–H and O–H groups in total. The molecule has 2 heterocycles. The fraction of sp³-hybridized carbons (Fsp3) is 0.833.